The van der Waals surface area contributed by atoms with E-state index >= 15 is 0 Å². The monoisotopic (exact) mass is 173 g/mol. The molecule has 0 saturated carbocycles. The summed E-state index contributed by atoms with van der Waals surface area (Å²) in [6, 6.07) is 0.655. The lowest BCUT2D eigenvalue weighted by molar-refractivity contribution is 0.457. The molecule has 0 aromatic carbocycles. The fraction of sp³-hybridized carbons (Fsp3) is 1.00. The quantitative estimate of drug-likeness (QED) is 0.463. The molecule has 0 saturated heterocycles. The zero-order valence-electron chi connectivity index (χ0n) is 8.40. The second-order valence-electron chi connectivity index (χ2n) is 3.09. The molecule has 0 aromatic rings. The Morgan fingerprint density at radius 1 is 1.33 bits per heavy atom. The van der Waals surface area contributed by atoms with Crippen molar-refractivity contribution in [3.63, 3.8) is 0 Å². The van der Waals surface area contributed by atoms with Crippen LogP contribution < -0.4 is 16.4 Å². The average molecular weight is 173 g/mol. The fourth-order valence-electron chi connectivity index (χ4n) is 1.26. The summed E-state index contributed by atoms with van der Waals surface area (Å²) >= 11 is 0. The van der Waals surface area contributed by atoms with Crippen LogP contribution in [0.25, 0.3) is 0 Å². The molecule has 0 aromatic heterocycles. The molecule has 0 aliphatic carbocycles. The number of rotatable bonds is 8. The van der Waals surface area contributed by atoms with E-state index in [4.69, 9.17) is 5.73 Å². The van der Waals surface area contributed by atoms with Crippen LogP contribution in [0.2, 0.25) is 0 Å². The molecule has 3 nitrogen and oxygen atoms in total. The third-order valence-corrected chi connectivity index (χ3v) is 2.05. The molecule has 0 aliphatic heterocycles. The molecule has 3 heteroatoms. The summed E-state index contributed by atoms with van der Waals surface area (Å²) in [5, 5.41) is 6.58. The van der Waals surface area contributed by atoms with Gasteiger partial charge in [-0.25, -0.2) is 0 Å². The Morgan fingerprint density at radius 2 is 2.08 bits per heavy atom. The molecule has 0 heterocycles. The molecular weight excluding hydrogens is 150 g/mol. The molecule has 12 heavy (non-hydrogen) atoms. The fourth-order valence-corrected chi connectivity index (χ4v) is 1.26. The highest BCUT2D eigenvalue weighted by molar-refractivity contribution is 4.65. The van der Waals surface area contributed by atoms with Gasteiger partial charge >= 0.3 is 0 Å². The van der Waals surface area contributed by atoms with E-state index in [-0.39, 0.29) is 0 Å². The summed E-state index contributed by atoms with van der Waals surface area (Å²) in [6.45, 7) is 5.01. The number of hydrogen-bond acceptors (Lipinski definition) is 3. The van der Waals surface area contributed by atoms with Crippen LogP contribution in [0.1, 0.15) is 26.2 Å². The van der Waals surface area contributed by atoms with Gasteiger partial charge in [0.25, 0.3) is 0 Å². The van der Waals surface area contributed by atoms with E-state index in [1.807, 2.05) is 7.05 Å². The van der Waals surface area contributed by atoms with Crippen LogP contribution in [0.15, 0.2) is 0 Å². The van der Waals surface area contributed by atoms with Crippen molar-refractivity contribution in [1.29, 1.82) is 0 Å². The average Bonchev–Trinajstić information content (AvgIpc) is 2.11. The molecule has 1 unspecified atom stereocenters. The van der Waals surface area contributed by atoms with Gasteiger partial charge in [-0.1, -0.05) is 6.92 Å². The summed E-state index contributed by atoms with van der Waals surface area (Å²) < 4.78 is 0. The predicted molar refractivity (Wildman–Crippen MR) is 54.3 cm³/mol. The SMILES string of the molecule is CCC(CCCNC)NCCN. The van der Waals surface area contributed by atoms with Crippen molar-refractivity contribution in [2.45, 2.75) is 32.2 Å². The molecule has 0 aliphatic rings. The van der Waals surface area contributed by atoms with Gasteiger partial charge in [0.2, 0.25) is 0 Å². The van der Waals surface area contributed by atoms with E-state index in [1.165, 1.54) is 19.3 Å². The largest absolute Gasteiger partial charge is 0.329 e. The first-order valence-corrected chi connectivity index (χ1v) is 4.93. The van der Waals surface area contributed by atoms with Gasteiger partial charge in [-0.15, -0.1) is 0 Å². The van der Waals surface area contributed by atoms with Crippen molar-refractivity contribution in [2.24, 2.45) is 5.73 Å². The first kappa shape index (κ1) is 11.9. The minimum atomic E-state index is 0.655. The Hall–Kier alpha value is -0.120. The van der Waals surface area contributed by atoms with Crippen LogP contribution in [0.3, 0.4) is 0 Å². The summed E-state index contributed by atoms with van der Waals surface area (Å²) in [7, 11) is 1.99. The van der Waals surface area contributed by atoms with E-state index in [0.717, 1.165) is 19.6 Å². The van der Waals surface area contributed by atoms with Crippen molar-refractivity contribution in [3.05, 3.63) is 0 Å². The highest BCUT2D eigenvalue weighted by Crippen LogP contribution is 1.99. The third kappa shape index (κ3) is 6.58. The van der Waals surface area contributed by atoms with E-state index in [9.17, 15) is 0 Å². The minimum Gasteiger partial charge on any atom is -0.329 e. The molecule has 0 bridgehead atoms. The maximum Gasteiger partial charge on any atom is 0.00770 e. The van der Waals surface area contributed by atoms with Crippen LogP contribution in [0, 0.1) is 0 Å². The van der Waals surface area contributed by atoms with Crippen LogP contribution in [-0.2, 0) is 0 Å². The Balaban J connectivity index is 3.26. The van der Waals surface area contributed by atoms with Crippen molar-refractivity contribution in [2.75, 3.05) is 26.7 Å². The Morgan fingerprint density at radius 3 is 2.58 bits per heavy atom. The molecule has 0 amide bonds. The predicted octanol–water partition coefficient (Wildman–Crippen LogP) is 0.313. The van der Waals surface area contributed by atoms with Crippen LogP contribution in [0.5, 0.6) is 0 Å². The van der Waals surface area contributed by atoms with Crippen LogP contribution >= 0.6 is 0 Å². The van der Waals surface area contributed by atoms with Crippen molar-refractivity contribution < 1.29 is 0 Å². The first-order chi connectivity index (χ1) is 5.85. The molecule has 74 valence electrons. The summed E-state index contributed by atoms with van der Waals surface area (Å²) in [4.78, 5) is 0. The Kier molecular flexibility index (Phi) is 8.88. The zero-order chi connectivity index (χ0) is 9.23. The molecule has 0 spiro atoms. The molecule has 0 radical (unpaired) electrons. The molecular formula is C9H23N3. The number of nitrogens with one attached hydrogen (secondary N) is 2. The van der Waals surface area contributed by atoms with Crippen molar-refractivity contribution >= 4 is 0 Å². The summed E-state index contributed by atoms with van der Waals surface area (Å²) in [5.74, 6) is 0. The number of nitrogens with two attached hydrogens (primary N) is 1. The smallest absolute Gasteiger partial charge is 0.00770 e. The van der Waals surface area contributed by atoms with Gasteiger partial charge in [0.05, 0.1) is 0 Å². The van der Waals surface area contributed by atoms with Gasteiger partial charge in [0.15, 0.2) is 0 Å². The van der Waals surface area contributed by atoms with Crippen molar-refractivity contribution in [3.8, 4) is 0 Å². The standard InChI is InChI=1S/C9H23N3/c1-3-9(12-8-6-10)5-4-7-11-2/h9,11-12H,3-8,10H2,1-2H3. The molecule has 0 fully saturated rings. The van der Waals surface area contributed by atoms with Crippen LogP contribution in [0.4, 0.5) is 0 Å². The van der Waals surface area contributed by atoms with Crippen molar-refractivity contribution in [1.82, 2.24) is 10.6 Å². The molecule has 1 atom stereocenters. The lowest BCUT2D eigenvalue weighted by Gasteiger charge is -2.15. The maximum absolute atomic E-state index is 5.41. The van der Waals surface area contributed by atoms with Gasteiger partial charge in [-0.05, 0) is 32.9 Å². The zero-order valence-corrected chi connectivity index (χ0v) is 8.40. The van der Waals surface area contributed by atoms with Crippen LogP contribution in [-0.4, -0.2) is 32.7 Å². The molecule has 4 N–H and O–H groups in total. The van der Waals surface area contributed by atoms with Gasteiger partial charge in [0, 0.05) is 19.1 Å². The van der Waals surface area contributed by atoms with Gasteiger partial charge in [-0.2, -0.15) is 0 Å². The first-order valence-electron chi connectivity index (χ1n) is 4.93. The Labute approximate surface area is 76.1 Å². The molecule has 0 rings (SSSR count). The van der Waals surface area contributed by atoms with Gasteiger partial charge < -0.3 is 16.4 Å². The van der Waals surface area contributed by atoms with E-state index < -0.39 is 0 Å². The lowest BCUT2D eigenvalue weighted by atomic mass is 10.1. The van der Waals surface area contributed by atoms with E-state index in [0.29, 0.717) is 6.04 Å². The summed E-state index contributed by atoms with van der Waals surface area (Å²) in [6.07, 6.45) is 3.69. The topological polar surface area (TPSA) is 50.1 Å². The normalized spacial score (nSPS) is 13.2. The summed E-state index contributed by atoms with van der Waals surface area (Å²) in [5.41, 5.74) is 5.41. The third-order valence-electron chi connectivity index (χ3n) is 2.05. The van der Waals surface area contributed by atoms with E-state index in [1.54, 1.807) is 0 Å². The second-order valence-corrected chi connectivity index (χ2v) is 3.09. The lowest BCUT2D eigenvalue weighted by Crippen LogP contribution is -2.33. The Bertz CT molecular complexity index is 85.8. The highest BCUT2D eigenvalue weighted by atomic mass is 14.9. The highest BCUT2D eigenvalue weighted by Gasteiger charge is 2.02. The van der Waals surface area contributed by atoms with Gasteiger partial charge in [0.1, 0.15) is 0 Å². The second kappa shape index (κ2) is 8.97. The number of hydrogen-bond donors (Lipinski definition) is 3. The van der Waals surface area contributed by atoms with Gasteiger partial charge in [-0.3, -0.25) is 0 Å². The maximum atomic E-state index is 5.41. The minimum absolute atomic E-state index is 0.655. The van der Waals surface area contributed by atoms with E-state index in [2.05, 4.69) is 17.6 Å².